The van der Waals surface area contributed by atoms with Crippen molar-refractivity contribution in [3.8, 4) is 0 Å². The van der Waals surface area contributed by atoms with Gasteiger partial charge in [-0.15, -0.1) is 6.58 Å². The molecule has 1 amide bonds. The fourth-order valence-electron chi connectivity index (χ4n) is 5.11. The minimum Gasteiger partial charge on any atom is -0.438 e. The number of nitrogens with zero attached hydrogens (tertiary/aromatic N) is 1. The standard InChI is InChI=1S/C27H29Cl2F3N2O3/c1-4-13-26(3)15-20(17-7-6-8-19(29)14-17)22(16-9-11-18(28)12-10-16)34(24(26)35)21(5-2)23(33)37-25(36)27(30,31)32/h4,6-12,14,20-23H,1,5,13,15,33H2,2-3H3/t20-,21+,22-,23?,26+/m1/s1. The van der Waals surface area contributed by atoms with E-state index in [0.717, 1.165) is 5.56 Å². The SMILES string of the molecule is C=CC[C@@]1(C)C[C@H](c2cccc(Cl)c2)[C@@H](c2ccc(Cl)cc2)N([C@@H](CC)C(N)OC(=O)C(F)(F)F)C1=O. The third kappa shape index (κ3) is 6.30. The van der Waals surface area contributed by atoms with Crippen LogP contribution in [-0.2, 0) is 14.3 Å². The summed E-state index contributed by atoms with van der Waals surface area (Å²) in [5, 5.41) is 0.986. The number of ether oxygens (including phenoxy) is 1. The molecule has 10 heteroatoms. The molecule has 200 valence electrons. The molecule has 37 heavy (non-hydrogen) atoms. The van der Waals surface area contributed by atoms with Crippen molar-refractivity contribution in [1.29, 1.82) is 0 Å². The van der Waals surface area contributed by atoms with Gasteiger partial charge in [-0.05, 0) is 54.7 Å². The molecule has 1 heterocycles. The van der Waals surface area contributed by atoms with Crippen LogP contribution < -0.4 is 5.73 Å². The second-order valence-corrected chi connectivity index (χ2v) is 10.3. The molecule has 0 saturated carbocycles. The number of hydrogen-bond acceptors (Lipinski definition) is 4. The summed E-state index contributed by atoms with van der Waals surface area (Å²) in [5.74, 6) is -3.05. The molecule has 1 saturated heterocycles. The van der Waals surface area contributed by atoms with Crippen LogP contribution in [0.25, 0.3) is 0 Å². The molecule has 5 nitrogen and oxygen atoms in total. The van der Waals surface area contributed by atoms with E-state index < -0.39 is 35.9 Å². The van der Waals surface area contributed by atoms with Crippen LogP contribution in [-0.4, -0.2) is 35.2 Å². The first kappa shape index (κ1) is 29.0. The lowest BCUT2D eigenvalue weighted by Crippen LogP contribution is -2.60. The van der Waals surface area contributed by atoms with Gasteiger partial charge in [0, 0.05) is 16.0 Å². The molecule has 1 fully saturated rings. The quantitative estimate of drug-likeness (QED) is 0.220. The van der Waals surface area contributed by atoms with Gasteiger partial charge in [0.15, 0.2) is 6.23 Å². The van der Waals surface area contributed by atoms with Crippen LogP contribution in [0.3, 0.4) is 0 Å². The molecule has 0 spiro atoms. The largest absolute Gasteiger partial charge is 0.490 e. The van der Waals surface area contributed by atoms with Gasteiger partial charge < -0.3 is 9.64 Å². The van der Waals surface area contributed by atoms with Crippen LogP contribution in [0, 0.1) is 5.41 Å². The first-order chi connectivity index (χ1) is 17.3. The number of carbonyl (C=O) groups is 2. The van der Waals surface area contributed by atoms with Crippen molar-refractivity contribution in [2.45, 2.75) is 63.5 Å². The van der Waals surface area contributed by atoms with Crippen LogP contribution in [0.2, 0.25) is 10.0 Å². The van der Waals surface area contributed by atoms with E-state index in [0.29, 0.717) is 28.5 Å². The number of hydrogen-bond donors (Lipinski definition) is 1. The minimum absolute atomic E-state index is 0.134. The third-order valence-corrected chi connectivity index (χ3v) is 7.30. The van der Waals surface area contributed by atoms with Crippen molar-refractivity contribution in [2.24, 2.45) is 11.1 Å². The Kier molecular flexibility index (Phi) is 8.98. The van der Waals surface area contributed by atoms with Crippen molar-refractivity contribution < 1.29 is 27.5 Å². The van der Waals surface area contributed by atoms with Gasteiger partial charge in [-0.2, -0.15) is 13.2 Å². The number of amides is 1. The van der Waals surface area contributed by atoms with Crippen LogP contribution in [0.5, 0.6) is 0 Å². The zero-order chi connectivity index (χ0) is 27.5. The minimum atomic E-state index is -5.22. The highest BCUT2D eigenvalue weighted by Gasteiger charge is 2.53. The van der Waals surface area contributed by atoms with Gasteiger partial charge in [-0.25, -0.2) is 4.79 Å². The summed E-state index contributed by atoms with van der Waals surface area (Å²) in [6.07, 6.45) is -4.44. The maximum atomic E-state index is 14.1. The topological polar surface area (TPSA) is 72.6 Å². The van der Waals surface area contributed by atoms with Crippen molar-refractivity contribution in [3.63, 3.8) is 0 Å². The van der Waals surface area contributed by atoms with Crippen LogP contribution in [0.15, 0.2) is 61.2 Å². The van der Waals surface area contributed by atoms with E-state index in [9.17, 15) is 22.8 Å². The Balaban J connectivity index is 2.20. The average Bonchev–Trinajstić information content (AvgIpc) is 2.82. The Hall–Kier alpha value is -2.55. The molecule has 3 rings (SSSR count). The summed E-state index contributed by atoms with van der Waals surface area (Å²) in [5.41, 5.74) is 6.66. The van der Waals surface area contributed by atoms with Gasteiger partial charge in [0.25, 0.3) is 0 Å². The van der Waals surface area contributed by atoms with Crippen LogP contribution in [0.4, 0.5) is 13.2 Å². The fourth-order valence-corrected chi connectivity index (χ4v) is 5.43. The predicted octanol–water partition coefficient (Wildman–Crippen LogP) is 6.80. The van der Waals surface area contributed by atoms with Gasteiger partial charge in [-0.1, -0.05) is 67.4 Å². The van der Waals surface area contributed by atoms with E-state index in [-0.39, 0.29) is 18.2 Å². The third-order valence-electron chi connectivity index (χ3n) is 6.81. The van der Waals surface area contributed by atoms with Gasteiger partial charge in [0.1, 0.15) is 0 Å². The Morgan fingerprint density at radius 2 is 1.86 bits per heavy atom. The number of esters is 1. The molecule has 1 aliphatic rings. The number of likely N-dealkylation sites (tertiary alicyclic amines) is 1. The van der Waals surface area contributed by atoms with Crippen molar-refractivity contribution in [3.05, 3.63) is 82.4 Å². The summed E-state index contributed by atoms with van der Waals surface area (Å²) in [6, 6.07) is 12.4. The monoisotopic (exact) mass is 556 g/mol. The van der Waals surface area contributed by atoms with Gasteiger partial charge in [0.05, 0.1) is 17.5 Å². The molecule has 1 unspecified atom stereocenters. The van der Waals surface area contributed by atoms with E-state index in [1.54, 1.807) is 56.3 Å². The number of carbonyl (C=O) groups excluding carboxylic acids is 2. The Labute approximate surface area is 224 Å². The predicted molar refractivity (Wildman–Crippen MR) is 137 cm³/mol. The first-order valence-electron chi connectivity index (χ1n) is 11.8. The highest BCUT2D eigenvalue weighted by Crippen LogP contribution is 2.52. The lowest BCUT2D eigenvalue weighted by Gasteiger charge is -2.52. The molecular formula is C27H29Cl2F3N2O3. The van der Waals surface area contributed by atoms with E-state index in [1.165, 1.54) is 4.90 Å². The number of halogens is 5. The second kappa shape index (κ2) is 11.5. The lowest BCUT2D eigenvalue weighted by molar-refractivity contribution is -0.209. The Morgan fingerprint density at radius 3 is 2.41 bits per heavy atom. The lowest BCUT2D eigenvalue weighted by atomic mass is 9.67. The van der Waals surface area contributed by atoms with Crippen molar-refractivity contribution in [1.82, 2.24) is 4.90 Å². The van der Waals surface area contributed by atoms with E-state index in [2.05, 4.69) is 11.3 Å². The molecule has 0 radical (unpaired) electrons. The fraction of sp³-hybridized carbons (Fsp3) is 0.407. The zero-order valence-electron chi connectivity index (χ0n) is 20.5. The number of piperidine rings is 1. The van der Waals surface area contributed by atoms with Crippen molar-refractivity contribution >= 4 is 35.1 Å². The maximum absolute atomic E-state index is 14.1. The number of allylic oxidation sites excluding steroid dienone is 1. The van der Waals surface area contributed by atoms with Crippen LogP contribution in [0.1, 0.15) is 56.2 Å². The molecule has 2 aromatic rings. The van der Waals surface area contributed by atoms with Crippen molar-refractivity contribution in [2.75, 3.05) is 0 Å². The maximum Gasteiger partial charge on any atom is 0.490 e. The van der Waals surface area contributed by atoms with Gasteiger partial charge in [0.2, 0.25) is 5.91 Å². The molecule has 2 aromatic carbocycles. The summed E-state index contributed by atoms with van der Waals surface area (Å²) in [4.78, 5) is 27.2. The second-order valence-electron chi connectivity index (χ2n) is 9.47. The summed E-state index contributed by atoms with van der Waals surface area (Å²) in [7, 11) is 0. The number of rotatable bonds is 8. The molecule has 0 aromatic heterocycles. The number of benzene rings is 2. The number of nitrogens with two attached hydrogens (primary N) is 1. The molecule has 0 bridgehead atoms. The van der Waals surface area contributed by atoms with Gasteiger partial charge in [-0.3, -0.25) is 10.5 Å². The molecular weight excluding hydrogens is 528 g/mol. The van der Waals surface area contributed by atoms with Gasteiger partial charge >= 0.3 is 12.1 Å². The molecule has 5 atom stereocenters. The summed E-state index contributed by atoms with van der Waals surface area (Å²) in [6.45, 7) is 7.26. The highest BCUT2D eigenvalue weighted by atomic mass is 35.5. The normalized spacial score (nSPS) is 23.9. The smallest absolute Gasteiger partial charge is 0.438 e. The molecule has 1 aliphatic heterocycles. The van der Waals surface area contributed by atoms with E-state index >= 15 is 0 Å². The van der Waals surface area contributed by atoms with Crippen LogP contribution >= 0.6 is 23.2 Å². The first-order valence-corrected chi connectivity index (χ1v) is 12.6. The molecule has 0 aliphatic carbocycles. The Bertz CT molecular complexity index is 1140. The zero-order valence-corrected chi connectivity index (χ0v) is 22.0. The highest BCUT2D eigenvalue weighted by molar-refractivity contribution is 6.30. The number of alkyl halides is 3. The van der Waals surface area contributed by atoms with E-state index in [1.807, 2.05) is 12.1 Å². The summed E-state index contributed by atoms with van der Waals surface area (Å²) < 4.78 is 43.5. The summed E-state index contributed by atoms with van der Waals surface area (Å²) >= 11 is 12.4. The molecule has 2 N–H and O–H groups in total. The van der Waals surface area contributed by atoms with E-state index in [4.69, 9.17) is 28.9 Å². The average molecular weight is 557 g/mol. The Morgan fingerprint density at radius 1 is 1.22 bits per heavy atom.